The van der Waals surface area contributed by atoms with Gasteiger partial charge < -0.3 is 78.5 Å². The molecule has 1 aliphatic heterocycles. The molecule has 4 amide bonds. The molecule has 6 unspecified atom stereocenters. The van der Waals surface area contributed by atoms with Crippen LogP contribution in [0.4, 0.5) is 79.4 Å². The number of hydrogen-bond donors (Lipinski definition) is 5. The molecule has 0 spiro atoms. The number of hydrogen-bond acceptors (Lipinski definition) is 24. The monoisotopic (exact) mass is 1560 g/mol. The van der Waals surface area contributed by atoms with Crippen LogP contribution in [-0.4, -0.2) is 218 Å². The van der Waals surface area contributed by atoms with Gasteiger partial charge in [0.1, 0.15) is 49.9 Å². The lowest BCUT2D eigenvalue weighted by Crippen LogP contribution is -2.74. The summed E-state index contributed by atoms with van der Waals surface area (Å²) in [7, 11) is 0. The van der Waals surface area contributed by atoms with Crippen LogP contribution in [0.3, 0.4) is 0 Å². The summed E-state index contributed by atoms with van der Waals surface area (Å²) in [5.74, 6) is -75.4. The summed E-state index contributed by atoms with van der Waals surface area (Å²) < 4.78 is 301. The van der Waals surface area contributed by atoms with E-state index in [1.54, 1.807) is 30.3 Å². The molecule has 0 radical (unpaired) electrons. The molecule has 1 aliphatic rings. The first-order valence-corrected chi connectivity index (χ1v) is 30.6. The van der Waals surface area contributed by atoms with Crippen LogP contribution in [0, 0.1) is 0 Å². The van der Waals surface area contributed by atoms with Gasteiger partial charge in [-0.3, -0.25) is 52.7 Å². The van der Waals surface area contributed by atoms with Crippen LogP contribution in [0.2, 0.25) is 0 Å². The van der Waals surface area contributed by atoms with Gasteiger partial charge in [0.2, 0.25) is 17.9 Å². The Morgan fingerprint density at radius 1 is 0.472 bits per heavy atom. The first-order valence-electron chi connectivity index (χ1n) is 30.6. The Kier molecular flexibility index (Phi) is 32.1. The molecule has 1 fully saturated rings. The number of amides is 4. The molecule has 28 nitrogen and oxygen atoms in total. The average Bonchev–Trinajstić information content (AvgIpc) is 0.696. The first kappa shape index (κ1) is 90.6. The molecule has 3 rings (SSSR count). The third kappa shape index (κ3) is 24.0. The fourth-order valence-electron chi connectivity index (χ4n) is 9.51. The molecule has 0 saturated carbocycles. The van der Waals surface area contributed by atoms with Gasteiger partial charge in [-0.05, 0) is 42.5 Å². The highest BCUT2D eigenvalue weighted by atomic mass is 19.4. The molecular formula is C61H69F17N4O24. The highest BCUT2D eigenvalue weighted by Crippen LogP contribution is 2.64. The number of ether oxygens (including phenoxy) is 11. The summed E-state index contributed by atoms with van der Waals surface area (Å²) in [5.41, 5.74) is 0.804. The number of halogens is 17. The maximum atomic E-state index is 15.3. The largest absolute Gasteiger partial charge is 0.508 e. The number of phenols is 1. The molecule has 1 heterocycles. The Balaban J connectivity index is 2.28. The van der Waals surface area contributed by atoms with Crippen LogP contribution in [0.1, 0.15) is 92.2 Å². The third-order valence-electron chi connectivity index (χ3n) is 14.4. The first-order chi connectivity index (χ1) is 48.7. The molecule has 596 valence electrons. The number of phenolic OH excluding ortho intramolecular Hbond substituents is 1. The van der Waals surface area contributed by atoms with E-state index in [0.717, 1.165) is 27.7 Å². The van der Waals surface area contributed by atoms with Gasteiger partial charge in [0, 0.05) is 81.3 Å². The van der Waals surface area contributed by atoms with E-state index in [-0.39, 0.29) is 18.8 Å². The third-order valence-corrected chi connectivity index (χ3v) is 14.4. The molecule has 1 saturated heterocycles. The minimum atomic E-state index is -8.99. The second-order valence-electron chi connectivity index (χ2n) is 22.9. The number of nitrogens with one attached hydrogen (secondary N) is 4. The summed E-state index contributed by atoms with van der Waals surface area (Å²) in [6, 6.07) is 8.97. The Labute approximate surface area is 587 Å². The molecule has 5 N–H and O–H groups in total. The molecule has 2 aromatic rings. The molecule has 2 aromatic carbocycles. The lowest BCUT2D eigenvalue weighted by Gasteiger charge is -2.46. The van der Waals surface area contributed by atoms with E-state index in [1.807, 2.05) is 5.32 Å². The van der Waals surface area contributed by atoms with Crippen LogP contribution < -0.4 is 21.3 Å². The smallest absolute Gasteiger partial charge is 0.460 e. The maximum Gasteiger partial charge on any atom is 0.460 e. The Bertz CT molecular complexity index is 3410. The second kappa shape index (κ2) is 37.6. The molecule has 0 aromatic heterocycles. The van der Waals surface area contributed by atoms with Crippen molar-refractivity contribution in [3.63, 3.8) is 0 Å². The van der Waals surface area contributed by atoms with Gasteiger partial charge in [0.05, 0.1) is 0 Å². The highest BCUT2D eigenvalue weighted by Gasteiger charge is 2.95. The standard InChI is InChI=1S/C61H69F17N4O24/c1-28(83)96-26-41(99-30(3)85)44(106-52-48(104-35(8)90)46(102-33(6)88)43(100-31(4)86)42(105-52)27-97-29(2)84)45(101-32(5)87)47(103-34(7)89)51(94)81-39(16-12-13-22-79-50(93)40(24-36-17-19-38(91)20-18-36)82-53(95)98-25-37-14-10-9-11-15-37)49(92)80-23-21-54(62,63)55(64,65)56(66,67)57(68,69)58(70,71)59(72,73)60(74,75)61(76,77)78/h9-11,14-15,17-20,39-48,52,91H,12-13,16,21-27H2,1-8H3,(H,79,93)(H,80,92)(H,81,94)(H,82,95)/t39?,40?,41?,42?,43-,44+,45-,46-,47?,48?,52-/m0/s1. The normalized spacial score (nSPS) is 18.4. The number of carbonyl (C=O) groups is 12. The van der Waals surface area contributed by atoms with Crippen molar-refractivity contribution in [1.82, 2.24) is 21.3 Å². The number of rotatable bonds is 38. The van der Waals surface area contributed by atoms with E-state index in [4.69, 9.17) is 52.1 Å². The Morgan fingerprint density at radius 2 is 0.962 bits per heavy atom. The lowest BCUT2D eigenvalue weighted by molar-refractivity contribution is -0.461. The van der Waals surface area contributed by atoms with Crippen LogP contribution in [-0.2, 0) is 118 Å². The van der Waals surface area contributed by atoms with Gasteiger partial charge in [0.25, 0.3) is 5.91 Å². The van der Waals surface area contributed by atoms with Gasteiger partial charge in [-0.2, -0.15) is 74.6 Å². The van der Waals surface area contributed by atoms with Crippen LogP contribution in [0.15, 0.2) is 54.6 Å². The SMILES string of the molecule is CC(=O)OCC(OC(C)=O)[C@@H](O[C@@H]1OC(COC(C)=O)[C@H](OC(C)=O)[C@H](OC(C)=O)C1OC(C)=O)[C@H](OC(C)=O)C(OC(C)=O)C(=O)NC(CCCCNC(=O)C(Cc1ccc(O)cc1)NC(=O)OCc1ccccc1)C(=O)NCCC(F)(F)C(F)(F)C(F)(F)C(F)(F)C(F)(F)C(F)(F)C(F)(F)C(F)(F)F. The molecule has 11 atom stereocenters. The fourth-order valence-corrected chi connectivity index (χ4v) is 9.51. The van der Waals surface area contributed by atoms with E-state index in [2.05, 4.69) is 10.6 Å². The van der Waals surface area contributed by atoms with Crippen molar-refractivity contribution in [1.29, 1.82) is 0 Å². The zero-order chi connectivity index (χ0) is 81.1. The van der Waals surface area contributed by atoms with E-state index in [0.29, 0.717) is 38.8 Å². The predicted molar refractivity (Wildman–Crippen MR) is 313 cm³/mol. The minimum absolute atomic E-state index is 0.226. The van der Waals surface area contributed by atoms with Crippen LogP contribution in [0.25, 0.3) is 0 Å². The zero-order valence-corrected chi connectivity index (χ0v) is 56.4. The van der Waals surface area contributed by atoms with Crippen molar-refractivity contribution in [2.24, 2.45) is 0 Å². The van der Waals surface area contributed by atoms with Crippen molar-refractivity contribution in [2.75, 3.05) is 26.3 Å². The van der Waals surface area contributed by atoms with Crippen LogP contribution in [0.5, 0.6) is 5.75 Å². The van der Waals surface area contributed by atoms with E-state index in [9.17, 15) is 120 Å². The number of benzene rings is 2. The van der Waals surface area contributed by atoms with Crippen molar-refractivity contribution in [3.05, 3.63) is 65.7 Å². The van der Waals surface area contributed by atoms with Gasteiger partial charge in [-0.25, -0.2) is 4.79 Å². The Hall–Kier alpha value is -9.59. The zero-order valence-electron chi connectivity index (χ0n) is 56.4. The number of esters is 8. The number of alkyl carbamates (subject to hydrolysis) is 1. The molecule has 106 heavy (non-hydrogen) atoms. The summed E-state index contributed by atoms with van der Waals surface area (Å²) in [6.07, 6.45) is -36.9. The summed E-state index contributed by atoms with van der Waals surface area (Å²) >= 11 is 0. The number of carbonyl (C=O) groups excluding carboxylic acids is 12. The minimum Gasteiger partial charge on any atom is -0.508 e. The predicted octanol–water partition coefficient (Wildman–Crippen LogP) is 6.34. The van der Waals surface area contributed by atoms with Gasteiger partial charge in [-0.1, -0.05) is 42.5 Å². The lowest BCUT2D eigenvalue weighted by atomic mass is 9.88. The second-order valence-corrected chi connectivity index (χ2v) is 22.9. The molecule has 45 heteroatoms. The summed E-state index contributed by atoms with van der Waals surface area (Å²) in [4.78, 5) is 158. The summed E-state index contributed by atoms with van der Waals surface area (Å²) in [5, 5.41) is 17.6. The van der Waals surface area contributed by atoms with Crippen molar-refractivity contribution < 1.29 is 189 Å². The van der Waals surface area contributed by atoms with E-state index in [1.165, 1.54) is 29.6 Å². The molecular weight excluding hydrogens is 1500 g/mol. The van der Waals surface area contributed by atoms with Crippen molar-refractivity contribution in [2.45, 2.75) is 209 Å². The fraction of sp³-hybridized carbons (Fsp3) is 0.607. The van der Waals surface area contributed by atoms with E-state index >= 15 is 17.6 Å². The Morgan fingerprint density at radius 3 is 1.47 bits per heavy atom. The quantitative estimate of drug-likeness (QED) is 0.0212. The summed E-state index contributed by atoms with van der Waals surface area (Å²) in [6.45, 7) is -0.0374. The highest BCUT2D eigenvalue weighted by molar-refractivity contribution is 5.91. The average molecular weight is 1570 g/mol. The van der Waals surface area contributed by atoms with Gasteiger partial charge >= 0.3 is 101 Å². The molecule has 0 bridgehead atoms. The van der Waals surface area contributed by atoms with Crippen LogP contribution >= 0.6 is 0 Å². The van der Waals surface area contributed by atoms with Gasteiger partial charge in [0.15, 0.2) is 36.8 Å². The van der Waals surface area contributed by atoms with E-state index < -0.39 is 238 Å². The molecule has 0 aliphatic carbocycles. The number of unbranched alkanes of at least 4 members (excludes halogenated alkanes) is 1. The topological polar surface area (TPSA) is 375 Å². The van der Waals surface area contributed by atoms with Crippen molar-refractivity contribution in [3.8, 4) is 5.75 Å². The number of aromatic hydroxyl groups is 1. The number of alkyl halides is 17. The van der Waals surface area contributed by atoms with Gasteiger partial charge in [-0.15, -0.1) is 0 Å². The van der Waals surface area contributed by atoms with Crippen molar-refractivity contribution >= 4 is 71.6 Å². The maximum absolute atomic E-state index is 15.3.